The molecule has 1 aliphatic heterocycles. The van der Waals surface area contributed by atoms with Crippen LogP contribution in [0.4, 0.5) is 4.39 Å². The molecule has 0 aliphatic carbocycles. The summed E-state index contributed by atoms with van der Waals surface area (Å²) in [6.07, 6.45) is 2.78. The van der Waals surface area contributed by atoms with Gasteiger partial charge in [-0.05, 0) is 18.2 Å². The molecule has 0 spiro atoms. The van der Waals surface area contributed by atoms with Crippen LogP contribution in [0.1, 0.15) is 12.0 Å². The zero-order chi connectivity index (χ0) is 16.4. The van der Waals surface area contributed by atoms with Crippen LogP contribution in [-0.2, 0) is 9.59 Å². The van der Waals surface area contributed by atoms with Crippen molar-refractivity contribution in [2.75, 3.05) is 0 Å². The fourth-order valence-electron chi connectivity index (χ4n) is 2.14. The van der Waals surface area contributed by atoms with E-state index in [0.717, 1.165) is 11.8 Å². The van der Waals surface area contributed by atoms with Crippen molar-refractivity contribution >= 4 is 45.9 Å². The molecule has 3 N–H and O–H groups in total. The molecule has 0 saturated carbocycles. The van der Waals surface area contributed by atoms with Gasteiger partial charge in [-0.3, -0.25) is 9.59 Å². The molecular formula is C14H11FN4O3S. The molecule has 7 nitrogen and oxygen atoms in total. The maximum atomic E-state index is 13.6. The predicted molar refractivity (Wildman–Crippen MR) is 85.1 cm³/mol. The highest BCUT2D eigenvalue weighted by atomic mass is 32.2. The third-order valence-electron chi connectivity index (χ3n) is 3.18. The maximum Gasteiger partial charge on any atom is 0.305 e. The van der Waals surface area contributed by atoms with Crippen LogP contribution in [0.25, 0.3) is 10.9 Å². The van der Waals surface area contributed by atoms with Crippen LogP contribution in [0.2, 0.25) is 0 Å². The number of nitrogens with one attached hydrogen (secondary N) is 2. The van der Waals surface area contributed by atoms with Crippen molar-refractivity contribution in [1.82, 2.24) is 10.3 Å². The third-order valence-corrected chi connectivity index (χ3v) is 4.26. The van der Waals surface area contributed by atoms with Crippen molar-refractivity contribution in [2.45, 2.75) is 11.7 Å². The molecule has 1 amide bonds. The molecular weight excluding hydrogens is 323 g/mol. The van der Waals surface area contributed by atoms with Crippen molar-refractivity contribution in [3.8, 4) is 0 Å². The molecule has 1 atom stereocenters. The summed E-state index contributed by atoms with van der Waals surface area (Å²) in [7, 11) is 0. The number of aliphatic carboxylic acids is 1. The van der Waals surface area contributed by atoms with Gasteiger partial charge in [0.05, 0.1) is 18.2 Å². The first-order chi connectivity index (χ1) is 11.0. The first kappa shape index (κ1) is 15.2. The van der Waals surface area contributed by atoms with E-state index in [1.54, 1.807) is 18.3 Å². The van der Waals surface area contributed by atoms with E-state index < -0.39 is 17.1 Å². The molecule has 2 aromatic rings. The molecule has 118 valence electrons. The second kappa shape index (κ2) is 6.21. The third kappa shape index (κ3) is 3.24. The van der Waals surface area contributed by atoms with E-state index in [1.807, 2.05) is 0 Å². The minimum absolute atomic E-state index is 0.238. The highest BCUT2D eigenvalue weighted by molar-refractivity contribution is 8.15. The summed E-state index contributed by atoms with van der Waals surface area (Å²) < 4.78 is 13.6. The number of carboxylic acids is 1. The van der Waals surface area contributed by atoms with Crippen LogP contribution in [0.5, 0.6) is 0 Å². The number of H-pyrrole nitrogens is 1. The SMILES string of the molecule is O=C(O)CC1SC(=NN=Cc2ccc(F)c3cc[nH]c23)NC1=O. The van der Waals surface area contributed by atoms with Crippen molar-refractivity contribution < 1.29 is 19.1 Å². The van der Waals surface area contributed by atoms with Gasteiger partial charge in [-0.1, -0.05) is 11.8 Å². The normalized spacial score (nSPS) is 19.8. The fourth-order valence-corrected chi connectivity index (χ4v) is 3.05. The van der Waals surface area contributed by atoms with Crippen LogP contribution in [0.15, 0.2) is 34.6 Å². The monoisotopic (exact) mass is 334 g/mol. The van der Waals surface area contributed by atoms with Gasteiger partial charge in [0.25, 0.3) is 0 Å². The Morgan fingerprint density at radius 2 is 2.26 bits per heavy atom. The molecule has 1 saturated heterocycles. The Hall–Kier alpha value is -2.68. The van der Waals surface area contributed by atoms with Gasteiger partial charge in [-0.15, -0.1) is 5.10 Å². The summed E-state index contributed by atoms with van der Waals surface area (Å²) in [6.45, 7) is 0. The highest BCUT2D eigenvalue weighted by Crippen LogP contribution is 2.22. The van der Waals surface area contributed by atoms with Gasteiger partial charge in [0.2, 0.25) is 5.91 Å². The van der Waals surface area contributed by atoms with Gasteiger partial charge in [0.1, 0.15) is 11.1 Å². The fraction of sp³-hybridized carbons (Fsp3) is 0.143. The number of carbonyl (C=O) groups excluding carboxylic acids is 1. The molecule has 0 bridgehead atoms. The van der Waals surface area contributed by atoms with E-state index in [2.05, 4.69) is 20.5 Å². The smallest absolute Gasteiger partial charge is 0.305 e. The number of amides is 1. The Labute approximate surface area is 133 Å². The Balaban J connectivity index is 1.76. The number of hydrogen-bond donors (Lipinski definition) is 3. The summed E-state index contributed by atoms with van der Waals surface area (Å²) in [5.74, 6) is -1.79. The number of carboxylic acid groups (broad SMARTS) is 1. The van der Waals surface area contributed by atoms with E-state index in [9.17, 15) is 14.0 Å². The van der Waals surface area contributed by atoms with Gasteiger partial charge in [-0.25, -0.2) is 4.39 Å². The van der Waals surface area contributed by atoms with Gasteiger partial charge in [0, 0.05) is 17.1 Å². The molecule has 23 heavy (non-hydrogen) atoms. The lowest BCUT2D eigenvalue weighted by Crippen LogP contribution is -2.26. The summed E-state index contributed by atoms with van der Waals surface area (Å²) in [5.41, 5.74) is 1.24. The largest absolute Gasteiger partial charge is 0.481 e. The summed E-state index contributed by atoms with van der Waals surface area (Å²) in [4.78, 5) is 25.1. The van der Waals surface area contributed by atoms with E-state index in [-0.39, 0.29) is 17.4 Å². The van der Waals surface area contributed by atoms with E-state index >= 15 is 0 Å². The lowest BCUT2D eigenvalue weighted by molar-refractivity contribution is -0.138. The number of aromatic amines is 1. The summed E-state index contributed by atoms with van der Waals surface area (Å²) in [5, 5.41) is 18.9. The Morgan fingerprint density at radius 3 is 3.04 bits per heavy atom. The van der Waals surface area contributed by atoms with Crippen molar-refractivity contribution in [3.63, 3.8) is 0 Å². The van der Waals surface area contributed by atoms with Crippen LogP contribution in [-0.4, -0.2) is 38.6 Å². The molecule has 3 rings (SSSR count). The Morgan fingerprint density at radius 1 is 1.43 bits per heavy atom. The standard InChI is InChI=1S/C14H11FN4O3S/c15-9-2-1-7(12-8(9)3-4-16-12)6-17-19-14-18-13(22)10(23-14)5-11(20)21/h1-4,6,10,16H,5H2,(H,20,21)(H,18,19,22). The predicted octanol–water partition coefficient (Wildman–Crippen LogP) is 1.70. The quantitative estimate of drug-likeness (QED) is 0.584. The zero-order valence-electron chi connectivity index (χ0n) is 11.6. The molecule has 9 heteroatoms. The second-order valence-corrected chi connectivity index (χ2v) is 5.94. The number of aromatic nitrogens is 1. The average Bonchev–Trinajstić information content (AvgIpc) is 3.09. The molecule has 1 fully saturated rings. The van der Waals surface area contributed by atoms with Crippen LogP contribution >= 0.6 is 11.8 Å². The lowest BCUT2D eigenvalue weighted by atomic mass is 10.1. The van der Waals surface area contributed by atoms with Crippen molar-refractivity contribution in [2.24, 2.45) is 10.2 Å². The summed E-state index contributed by atoms with van der Waals surface area (Å²) >= 11 is 1.02. The van der Waals surface area contributed by atoms with E-state index in [1.165, 1.54) is 12.3 Å². The van der Waals surface area contributed by atoms with E-state index in [4.69, 9.17) is 5.11 Å². The van der Waals surface area contributed by atoms with Crippen LogP contribution in [0.3, 0.4) is 0 Å². The Bertz CT molecular complexity index is 846. The van der Waals surface area contributed by atoms with Crippen molar-refractivity contribution in [1.29, 1.82) is 0 Å². The van der Waals surface area contributed by atoms with Gasteiger partial charge in [0.15, 0.2) is 5.17 Å². The topological polar surface area (TPSA) is 107 Å². The molecule has 1 aliphatic rings. The molecule has 2 heterocycles. The molecule has 1 unspecified atom stereocenters. The minimum Gasteiger partial charge on any atom is -0.481 e. The molecule has 0 radical (unpaired) electrons. The zero-order valence-corrected chi connectivity index (χ0v) is 12.4. The number of amidine groups is 1. The van der Waals surface area contributed by atoms with E-state index in [0.29, 0.717) is 16.5 Å². The Kier molecular flexibility index (Phi) is 4.11. The number of carbonyl (C=O) groups is 2. The number of nitrogens with zero attached hydrogens (tertiary/aromatic N) is 2. The number of hydrogen-bond acceptors (Lipinski definition) is 5. The minimum atomic E-state index is -1.05. The number of benzene rings is 1. The van der Waals surface area contributed by atoms with Crippen molar-refractivity contribution in [3.05, 3.63) is 35.8 Å². The maximum absolute atomic E-state index is 13.6. The highest BCUT2D eigenvalue weighted by Gasteiger charge is 2.32. The number of fused-ring (bicyclic) bond motifs is 1. The number of halogens is 1. The van der Waals surface area contributed by atoms with Gasteiger partial charge >= 0.3 is 5.97 Å². The van der Waals surface area contributed by atoms with Gasteiger partial charge < -0.3 is 15.4 Å². The first-order valence-electron chi connectivity index (χ1n) is 6.60. The lowest BCUT2D eigenvalue weighted by Gasteiger charge is -1.98. The first-order valence-corrected chi connectivity index (χ1v) is 7.48. The van der Waals surface area contributed by atoms with Crippen LogP contribution < -0.4 is 5.32 Å². The summed E-state index contributed by atoms with van der Waals surface area (Å²) in [6, 6.07) is 4.52. The number of rotatable bonds is 4. The van der Waals surface area contributed by atoms with Gasteiger partial charge in [-0.2, -0.15) is 5.10 Å². The molecule has 1 aromatic carbocycles. The van der Waals surface area contributed by atoms with Crippen LogP contribution in [0, 0.1) is 5.82 Å². The molecule has 1 aromatic heterocycles. The average molecular weight is 334 g/mol. The second-order valence-electron chi connectivity index (χ2n) is 4.75. The number of thioether (sulfide) groups is 1.